The summed E-state index contributed by atoms with van der Waals surface area (Å²) in [4.78, 5) is 23.4. The summed E-state index contributed by atoms with van der Waals surface area (Å²) in [5, 5.41) is 2.87. The predicted octanol–water partition coefficient (Wildman–Crippen LogP) is 1.17. The van der Waals surface area contributed by atoms with Crippen molar-refractivity contribution in [2.45, 2.75) is 63.7 Å². The lowest BCUT2D eigenvalue weighted by Crippen LogP contribution is -2.37. The molecule has 6 nitrogen and oxygen atoms in total. The SMILES string of the molecule is CC(OCC1CCCO1)C(=O)OCC(=O)NC1CCCC1. The number of carbonyl (C=O) groups is 2. The first-order chi connectivity index (χ1) is 10.1. The second kappa shape index (κ2) is 8.34. The minimum atomic E-state index is -0.673. The molecule has 21 heavy (non-hydrogen) atoms. The molecule has 1 N–H and O–H groups in total. The Bertz CT molecular complexity index is 348. The Kier molecular flexibility index (Phi) is 6.45. The van der Waals surface area contributed by atoms with E-state index in [1.807, 2.05) is 0 Å². The van der Waals surface area contributed by atoms with Gasteiger partial charge in [-0.05, 0) is 32.6 Å². The highest BCUT2D eigenvalue weighted by molar-refractivity contribution is 5.82. The van der Waals surface area contributed by atoms with Crippen molar-refractivity contribution in [2.24, 2.45) is 0 Å². The third-order valence-electron chi connectivity index (χ3n) is 3.95. The summed E-state index contributed by atoms with van der Waals surface area (Å²) in [6.45, 7) is 2.55. The summed E-state index contributed by atoms with van der Waals surface area (Å²) in [5.41, 5.74) is 0. The van der Waals surface area contributed by atoms with Gasteiger partial charge in [-0.1, -0.05) is 12.8 Å². The number of hydrogen-bond donors (Lipinski definition) is 1. The largest absolute Gasteiger partial charge is 0.454 e. The molecule has 0 aromatic carbocycles. The zero-order valence-electron chi connectivity index (χ0n) is 12.6. The number of nitrogens with one attached hydrogen (secondary N) is 1. The molecule has 0 aromatic heterocycles. The normalized spacial score (nSPS) is 24.0. The fourth-order valence-corrected chi connectivity index (χ4v) is 2.69. The van der Waals surface area contributed by atoms with Crippen LogP contribution >= 0.6 is 0 Å². The second-order valence-corrected chi connectivity index (χ2v) is 5.77. The van der Waals surface area contributed by atoms with Crippen molar-refractivity contribution in [1.82, 2.24) is 5.32 Å². The fourth-order valence-electron chi connectivity index (χ4n) is 2.69. The van der Waals surface area contributed by atoms with Crippen LogP contribution in [-0.2, 0) is 23.8 Å². The number of hydrogen-bond acceptors (Lipinski definition) is 5. The molecule has 2 atom stereocenters. The molecule has 6 heteroatoms. The maximum absolute atomic E-state index is 11.7. The standard InChI is InChI=1S/C15H25NO5/c1-11(20-9-13-7-4-8-19-13)15(18)21-10-14(17)16-12-5-2-3-6-12/h11-13H,2-10H2,1H3,(H,16,17). The first-order valence-electron chi connectivity index (χ1n) is 7.84. The number of esters is 1. The topological polar surface area (TPSA) is 73.9 Å². The maximum Gasteiger partial charge on any atom is 0.335 e. The van der Waals surface area contributed by atoms with Gasteiger partial charge in [-0.3, -0.25) is 4.79 Å². The molecule has 2 fully saturated rings. The highest BCUT2D eigenvalue weighted by atomic mass is 16.6. The molecule has 1 aliphatic heterocycles. The summed E-state index contributed by atoms with van der Waals surface area (Å²) in [5.74, 6) is -0.740. The van der Waals surface area contributed by atoms with Crippen molar-refractivity contribution < 1.29 is 23.8 Å². The molecular formula is C15H25NO5. The average molecular weight is 299 g/mol. The smallest absolute Gasteiger partial charge is 0.335 e. The Balaban J connectivity index is 1.57. The van der Waals surface area contributed by atoms with Crippen LogP contribution in [0.1, 0.15) is 45.4 Å². The summed E-state index contributed by atoms with van der Waals surface area (Å²) in [6, 6.07) is 0.240. The number of amides is 1. The van der Waals surface area contributed by atoms with E-state index in [0.29, 0.717) is 6.61 Å². The zero-order valence-corrected chi connectivity index (χ0v) is 12.6. The van der Waals surface area contributed by atoms with Gasteiger partial charge in [0.1, 0.15) is 0 Å². The molecule has 1 saturated carbocycles. The summed E-state index contributed by atoms with van der Waals surface area (Å²) >= 11 is 0. The number of rotatable bonds is 7. The van der Waals surface area contributed by atoms with E-state index in [9.17, 15) is 9.59 Å². The first-order valence-corrected chi connectivity index (χ1v) is 7.84. The lowest BCUT2D eigenvalue weighted by Gasteiger charge is -2.16. The van der Waals surface area contributed by atoms with Crippen LogP contribution in [0.3, 0.4) is 0 Å². The van der Waals surface area contributed by atoms with Crippen molar-refractivity contribution in [3.63, 3.8) is 0 Å². The lowest BCUT2D eigenvalue weighted by molar-refractivity contribution is -0.160. The molecule has 1 heterocycles. The van der Waals surface area contributed by atoms with Gasteiger partial charge in [-0.15, -0.1) is 0 Å². The van der Waals surface area contributed by atoms with Crippen LogP contribution in [0.25, 0.3) is 0 Å². The van der Waals surface area contributed by atoms with Crippen LogP contribution in [0.15, 0.2) is 0 Å². The second-order valence-electron chi connectivity index (χ2n) is 5.77. The third-order valence-corrected chi connectivity index (χ3v) is 3.95. The van der Waals surface area contributed by atoms with Gasteiger partial charge in [-0.25, -0.2) is 4.79 Å². The van der Waals surface area contributed by atoms with E-state index in [1.165, 1.54) is 0 Å². The van der Waals surface area contributed by atoms with Crippen LogP contribution in [0, 0.1) is 0 Å². The van der Waals surface area contributed by atoms with Crippen molar-refractivity contribution in [1.29, 1.82) is 0 Å². The molecule has 0 bridgehead atoms. The van der Waals surface area contributed by atoms with Gasteiger partial charge in [0.25, 0.3) is 5.91 Å². The molecule has 1 saturated heterocycles. The van der Waals surface area contributed by atoms with Gasteiger partial charge in [0, 0.05) is 12.6 Å². The Hall–Kier alpha value is -1.14. The van der Waals surface area contributed by atoms with Gasteiger partial charge in [0.05, 0.1) is 12.7 Å². The Morgan fingerprint density at radius 3 is 2.67 bits per heavy atom. The minimum absolute atomic E-state index is 0.0749. The first kappa shape index (κ1) is 16.2. The van der Waals surface area contributed by atoms with Crippen molar-refractivity contribution in [3.8, 4) is 0 Å². The van der Waals surface area contributed by atoms with Crippen LogP contribution in [0.4, 0.5) is 0 Å². The molecule has 0 radical (unpaired) electrons. The zero-order chi connectivity index (χ0) is 15.1. The summed E-state index contributed by atoms with van der Waals surface area (Å²) in [7, 11) is 0. The van der Waals surface area contributed by atoms with E-state index in [2.05, 4.69) is 5.32 Å². The Morgan fingerprint density at radius 2 is 2.00 bits per heavy atom. The summed E-state index contributed by atoms with van der Waals surface area (Å²) < 4.78 is 15.8. The van der Waals surface area contributed by atoms with E-state index in [4.69, 9.17) is 14.2 Å². The van der Waals surface area contributed by atoms with Crippen molar-refractivity contribution in [2.75, 3.05) is 19.8 Å². The van der Waals surface area contributed by atoms with E-state index in [0.717, 1.165) is 45.1 Å². The van der Waals surface area contributed by atoms with Crippen molar-refractivity contribution in [3.05, 3.63) is 0 Å². The molecule has 120 valence electrons. The molecule has 2 aliphatic rings. The van der Waals surface area contributed by atoms with Gasteiger partial charge in [0.2, 0.25) is 0 Å². The summed E-state index contributed by atoms with van der Waals surface area (Å²) in [6.07, 6.45) is 5.73. The van der Waals surface area contributed by atoms with Crippen LogP contribution < -0.4 is 5.32 Å². The third kappa shape index (κ3) is 5.63. The number of carbonyl (C=O) groups excluding carboxylic acids is 2. The van der Waals surface area contributed by atoms with Gasteiger partial charge < -0.3 is 19.5 Å². The van der Waals surface area contributed by atoms with E-state index < -0.39 is 12.1 Å². The monoisotopic (exact) mass is 299 g/mol. The molecule has 2 unspecified atom stereocenters. The van der Waals surface area contributed by atoms with E-state index >= 15 is 0 Å². The number of ether oxygens (including phenoxy) is 3. The highest BCUT2D eigenvalue weighted by Gasteiger charge is 2.22. The molecule has 0 aromatic rings. The van der Waals surface area contributed by atoms with E-state index in [1.54, 1.807) is 6.92 Å². The Morgan fingerprint density at radius 1 is 1.24 bits per heavy atom. The Labute approximate surface area is 125 Å². The molecule has 1 aliphatic carbocycles. The lowest BCUT2D eigenvalue weighted by atomic mass is 10.2. The molecule has 2 rings (SSSR count). The molecule has 1 amide bonds. The van der Waals surface area contributed by atoms with Crippen LogP contribution in [0.2, 0.25) is 0 Å². The quantitative estimate of drug-likeness (QED) is 0.714. The van der Waals surface area contributed by atoms with Crippen molar-refractivity contribution >= 4 is 11.9 Å². The maximum atomic E-state index is 11.7. The predicted molar refractivity (Wildman–Crippen MR) is 75.7 cm³/mol. The highest BCUT2D eigenvalue weighted by Crippen LogP contribution is 2.17. The van der Waals surface area contributed by atoms with Gasteiger partial charge >= 0.3 is 5.97 Å². The molecule has 0 spiro atoms. The van der Waals surface area contributed by atoms with E-state index in [-0.39, 0.29) is 24.7 Å². The van der Waals surface area contributed by atoms with Gasteiger partial charge in [0.15, 0.2) is 12.7 Å². The van der Waals surface area contributed by atoms with Crippen LogP contribution in [0.5, 0.6) is 0 Å². The van der Waals surface area contributed by atoms with Crippen LogP contribution in [-0.4, -0.2) is 49.9 Å². The average Bonchev–Trinajstić information content (AvgIpc) is 3.15. The minimum Gasteiger partial charge on any atom is -0.454 e. The molecular weight excluding hydrogens is 274 g/mol. The van der Waals surface area contributed by atoms with Gasteiger partial charge in [-0.2, -0.15) is 0 Å². The fraction of sp³-hybridized carbons (Fsp3) is 0.867.